The fraction of sp³-hybridized carbons (Fsp3) is 0.222. The van der Waals surface area contributed by atoms with Gasteiger partial charge in [0.15, 0.2) is 0 Å². The number of hydrogen-bond donors (Lipinski definition) is 0. The zero-order chi connectivity index (χ0) is 24.5. The third-order valence-electron chi connectivity index (χ3n) is 6.35. The minimum absolute atomic E-state index is 0.0343. The monoisotopic (exact) mass is 506 g/mol. The van der Waals surface area contributed by atoms with Gasteiger partial charge in [0.05, 0.1) is 13.1 Å². The molecule has 178 valence electrons. The van der Waals surface area contributed by atoms with Gasteiger partial charge in [-0.15, -0.1) is 0 Å². The number of halogens is 2. The molecule has 35 heavy (non-hydrogen) atoms. The fourth-order valence-electron chi connectivity index (χ4n) is 4.47. The van der Waals surface area contributed by atoms with E-state index in [4.69, 9.17) is 23.2 Å². The maximum atomic E-state index is 13.5. The quantitative estimate of drug-likeness (QED) is 0.506. The number of anilines is 1. The van der Waals surface area contributed by atoms with Crippen LogP contribution < -0.4 is 4.90 Å². The molecule has 0 radical (unpaired) electrons. The van der Waals surface area contributed by atoms with Gasteiger partial charge in [-0.1, -0.05) is 53.5 Å². The molecular formula is C27H24Cl2N4O2. The van der Waals surface area contributed by atoms with Crippen LogP contribution in [-0.2, 0) is 17.9 Å². The summed E-state index contributed by atoms with van der Waals surface area (Å²) in [5.41, 5.74) is 3.96. The van der Waals surface area contributed by atoms with Crippen molar-refractivity contribution in [2.24, 2.45) is 4.99 Å². The third kappa shape index (κ3) is 4.77. The number of amidine groups is 1. The van der Waals surface area contributed by atoms with Gasteiger partial charge < -0.3 is 14.7 Å². The number of aliphatic imine (C=N–C) groups is 1. The number of para-hydroxylation sites is 1. The van der Waals surface area contributed by atoms with Crippen molar-refractivity contribution in [2.45, 2.75) is 13.1 Å². The maximum absolute atomic E-state index is 13.5. The van der Waals surface area contributed by atoms with Gasteiger partial charge in [0.2, 0.25) is 5.91 Å². The van der Waals surface area contributed by atoms with E-state index in [2.05, 4.69) is 9.89 Å². The molecule has 5 rings (SSSR count). The highest BCUT2D eigenvalue weighted by molar-refractivity contribution is 6.32. The molecule has 0 aliphatic carbocycles. The molecule has 2 aliphatic rings. The highest BCUT2D eigenvalue weighted by atomic mass is 35.5. The number of fused-ring (bicyclic) bond motifs is 1. The lowest BCUT2D eigenvalue weighted by Gasteiger charge is -2.24. The first-order valence-electron chi connectivity index (χ1n) is 11.4. The van der Waals surface area contributed by atoms with Crippen molar-refractivity contribution in [1.29, 1.82) is 0 Å². The van der Waals surface area contributed by atoms with Crippen LogP contribution in [0, 0.1) is 0 Å². The van der Waals surface area contributed by atoms with Crippen LogP contribution in [0.2, 0.25) is 10.0 Å². The highest BCUT2D eigenvalue weighted by Gasteiger charge is 2.30. The van der Waals surface area contributed by atoms with Gasteiger partial charge in [-0.3, -0.25) is 14.6 Å². The van der Waals surface area contributed by atoms with E-state index >= 15 is 0 Å². The standard InChI is InChI=1S/C27H24Cl2N4O2/c1-31-13-12-30-26(31)19-6-7-20(23(29)14-19)16-33-24-5-3-2-4-21(24)15-32(17-25(33)34)27(35)18-8-10-22(28)11-9-18/h2-11,14H,12-13,15-17H2,1H3. The lowest BCUT2D eigenvalue weighted by atomic mass is 10.1. The predicted molar refractivity (Wildman–Crippen MR) is 139 cm³/mol. The molecule has 0 saturated heterocycles. The average Bonchev–Trinajstić information content (AvgIpc) is 3.23. The second-order valence-electron chi connectivity index (χ2n) is 8.71. The molecule has 3 aromatic carbocycles. The van der Waals surface area contributed by atoms with E-state index in [9.17, 15) is 9.59 Å². The van der Waals surface area contributed by atoms with Crippen molar-refractivity contribution >= 4 is 46.5 Å². The summed E-state index contributed by atoms with van der Waals surface area (Å²) in [7, 11) is 2.01. The average molecular weight is 507 g/mol. The van der Waals surface area contributed by atoms with E-state index in [1.807, 2.05) is 49.5 Å². The lowest BCUT2D eigenvalue weighted by molar-refractivity contribution is -0.119. The fourth-order valence-corrected chi connectivity index (χ4v) is 4.84. The van der Waals surface area contributed by atoms with Crippen LogP contribution in [0.1, 0.15) is 27.0 Å². The van der Waals surface area contributed by atoms with Gasteiger partial charge in [-0.05, 0) is 47.5 Å². The highest BCUT2D eigenvalue weighted by Crippen LogP contribution is 2.30. The van der Waals surface area contributed by atoms with E-state index in [0.717, 1.165) is 41.3 Å². The first-order chi connectivity index (χ1) is 16.9. The number of likely N-dealkylation sites (N-methyl/N-ethyl adjacent to an activating group) is 1. The van der Waals surface area contributed by atoms with Crippen molar-refractivity contribution in [3.05, 3.63) is 99.0 Å². The van der Waals surface area contributed by atoms with Crippen LogP contribution in [-0.4, -0.2) is 54.1 Å². The number of carbonyl (C=O) groups is 2. The van der Waals surface area contributed by atoms with E-state index in [1.165, 1.54) is 0 Å². The number of carbonyl (C=O) groups excluding carboxylic acids is 2. The Labute approximate surface area is 214 Å². The summed E-state index contributed by atoms with van der Waals surface area (Å²) in [6.45, 7) is 2.26. The van der Waals surface area contributed by atoms with E-state index in [0.29, 0.717) is 28.7 Å². The Balaban J connectivity index is 1.43. The summed E-state index contributed by atoms with van der Waals surface area (Å²) in [6.07, 6.45) is 0. The molecule has 0 fully saturated rings. The molecule has 0 aromatic heterocycles. The van der Waals surface area contributed by atoms with Crippen molar-refractivity contribution in [3.63, 3.8) is 0 Å². The minimum atomic E-state index is -0.212. The summed E-state index contributed by atoms with van der Waals surface area (Å²) in [6, 6.07) is 20.2. The zero-order valence-electron chi connectivity index (χ0n) is 19.2. The molecule has 0 unspecified atom stereocenters. The number of nitrogens with zero attached hydrogens (tertiary/aromatic N) is 4. The van der Waals surface area contributed by atoms with Crippen molar-refractivity contribution < 1.29 is 9.59 Å². The molecule has 3 aromatic rings. The lowest BCUT2D eigenvalue weighted by Crippen LogP contribution is -2.39. The summed E-state index contributed by atoms with van der Waals surface area (Å²) < 4.78 is 0. The van der Waals surface area contributed by atoms with Crippen LogP contribution in [0.5, 0.6) is 0 Å². The number of hydrogen-bond acceptors (Lipinski definition) is 4. The van der Waals surface area contributed by atoms with Crippen LogP contribution in [0.25, 0.3) is 0 Å². The second kappa shape index (κ2) is 9.72. The van der Waals surface area contributed by atoms with Gasteiger partial charge in [0.1, 0.15) is 12.4 Å². The Kier molecular flexibility index (Phi) is 6.50. The number of amides is 2. The van der Waals surface area contributed by atoms with E-state index in [-0.39, 0.29) is 18.4 Å². The maximum Gasteiger partial charge on any atom is 0.254 e. The predicted octanol–water partition coefficient (Wildman–Crippen LogP) is 4.87. The molecule has 8 heteroatoms. The van der Waals surface area contributed by atoms with Crippen LogP contribution in [0.15, 0.2) is 71.7 Å². The molecule has 0 N–H and O–H groups in total. The molecule has 2 heterocycles. The van der Waals surface area contributed by atoms with Gasteiger partial charge in [-0.25, -0.2) is 0 Å². The van der Waals surface area contributed by atoms with Gasteiger partial charge in [-0.2, -0.15) is 0 Å². The minimum Gasteiger partial charge on any atom is -0.358 e. The smallest absolute Gasteiger partial charge is 0.254 e. The normalized spacial score (nSPS) is 15.7. The number of benzene rings is 3. The van der Waals surface area contributed by atoms with Crippen LogP contribution in [0.4, 0.5) is 5.69 Å². The summed E-state index contributed by atoms with van der Waals surface area (Å²) in [5.74, 6) is 0.541. The summed E-state index contributed by atoms with van der Waals surface area (Å²) in [5, 5.41) is 1.13. The Morgan fingerprint density at radius 3 is 2.49 bits per heavy atom. The second-order valence-corrected chi connectivity index (χ2v) is 9.55. The Morgan fingerprint density at radius 1 is 1.00 bits per heavy atom. The number of rotatable bonds is 4. The topological polar surface area (TPSA) is 56.2 Å². The van der Waals surface area contributed by atoms with Crippen molar-refractivity contribution in [3.8, 4) is 0 Å². The van der Waals surface area contributed by atoms with Crippen molar-refractivity contribution in [2.75, 3.05) is 31.6 Å². The molecule has 2 amide bonds. The Hall–Kier alpha value is -3.35. The molecule has 0 spiro atoms. The Bertz CT molecular complexity index is 1320. The SMILES string of the molecule is CN1CCN=C1c1ccc(CN2C(=O)CN(C(=O)c3ccc(Cl)cc3)Cc3ccccc32)c(Cl)c1. The van der Waals surface area contributed by atoms with Crippen molar-refractivity contribution in [1.82, 2.24) is 9.80 Å². The summed E-state index contributed by atoms with van der Waals surface area (Å²) in [4.78, 5) is 36.6. The molecule has 2 aliphatic heterocycles. The molecule has 6 nitrogen and oxygen atoms in total. The molecule has 0 saturated carbocycles. The van der Waals surface area contributed by atoms with E-state index < -0.39 is 0 Å². The molecule has 0 atom stereocenters. The van der Waals surface area contributed by atoms with Crippen LogP contribution in [0.3, 0.4) is 0 Å². The first kappa shape index (κ1) is 23.4. The third-order valence-corrected chi connectivity index (χ3v) is 6.95. The summed E-state index contributed by atoms with van der Waals surface area (Å²) >= 11 is 12.7. The first-order valence-corrected chi connectivity index (χ1v) is 12.1. The van der Waals surface area contributed by atoms with Gasteiger partial charge in [0, 0.05) is 47.0 Å². The molecule has 0 bridgehead atoms. The van der Waals surface area contributed by atoms with E-state index in [1.54, 1.807) is 34.1 Å². The Morgan fingerprint density at radius 2 is 1.77 bits per heavy atom. The zero-order valence-corrected chi connectivity index (χ0v) is 20.8. The molecular weight excluding hydrogens is 483 g/mol. The van der Waals surface area contributed by atoms with Crippen LogP contribution >= 0.6 is 23.2 Å². The van der Waals surface area contributed by atoms with Gasteiger partial charge in [0.25, 0.3) is 5.91 Å². The van der Waals surface area contributed by atoms with Gasteiger partial charge >= 0.3 is 0 Å². The largest absolute Gasteiger partial charge is 0.358 e.